The van der Waals surface area contributed by atoms with E-state index in [2.05, 4.69) is 0 Å². The predicted molar refractivity (Wildman–Crippen MR) is 33.2 cm³/mol. The second kappa shape index (κ2) is 5.12. The Morgan fingerprint density at radius 2 is 1.14 bits per heavy atom. The average Bonchev–Trinajstić information content (AvgIpc) is 0.722. The summed E-state index contributed by atoms with van der Waals surface area (Å²) in [5.74, 6) is 0. The zero-order chi connectivity index (χ0) is 4.50. The summed E-state index contributed by atoms with van der Waals surface area (Å²) in [6.07, 6.45) is 0. The number of hydrogen-bond donors (Lipinski definition) is 3. The minimum atomic E-state index is -4.64. The molecule has 7 heteroatoms. The molecule has 0 saturated heterocycles. The first-order chi connectivity index (χ1) is 2.00. The number of phosphoric acid groups is 1. The maximum absolute atomic E-state index is 8.88. The van der Waals surface area contributed by atoms with Crippen LogP contribution in [-0.4, -0.2) is 31.7 Å². The van der Waals surface area contributed by atoms with Crippen LogP contribution in [0.3, 0.4) is 0 Å². The minimum absolute atomic E-state index is 0. The number of rotatable bonds is 0. The van der Waals surface area contributed by atoms with Crippen molar-refractivity contribution in [2.45, 2.75) is 0 Å². The molecule has 0 aliphatic rings. The normalized spacial score (nSPS) is 8.43. The summed E-state index contributed by atoms with van der Waals surface area (Å²) < 4.78 is 8.88. The molecule has 0 saturated carbocycles. The molecule has 0 atom stereocenters. The Morgan fingerprint density at radius 1 is 1.14 bits per heavy atom. The molecule has 0 aromatic heterocycles. The van der Waals surface area contributed by atoms with E-state index in [4.69, 9.17) is 19.2 Å². The Kier molecular flexibility index (Phi) is 11.5. The summed E-state index contributed by atoms with van der Waals surface area (Å²) in [5.41, 5.74) is 0. The van der Waals surface area contributed by atoms with Crippen molar-refractivity contribution in [3.63, 3.8) is 0 Å². The SMILES string of the molecule is O=P(O)(O)O.S.[SeH2]. The molecule has 0 aromatic rings. The van der Waals surface area contributed by atoms with Crippen molar-refractivity contribution < 1.29 is 19.2 Å². The van der Waals surface area contributed by atoms with Gasteiger partial charge in [0, 0.05) is 0 Å². The summed E-state index contributed by atoms with van der Waals surface area (Å²) >= 11 is 0. The third kappa shape index (κ3) is 180. The van der Waals surface area contributed by atoms with E-state index in [0.717, 1.165) is 0 Å². The molecule has 0 heterocycles. The first kappa shape index (κ1) is 15.7. The Bertz CT molecular complexity index is 57.8. The van der Waals surface area contributed by atoms with Gasteiger partial charge in [-0.1, -0.05) is 0 Å². The van der Waals surface area contributed by atoms with Gasteiger partial charge in [-0.15, -0.1) is 0 Å². The molecule has 4 nitrogen and oxygen atoms in total. The molecule has 0 bridgehead atoms. The molecule has 0 fully saturated rings. The van der Waals surface area contributed by atoms with Gasteiger partial charge in [-0.3, -0.25) is 0 Å². The van der Waals surface area contributed by atoms with Crippen molar-refractivity contribution in [2.75, 3.05) is 0 Å². The van der Waals surface area contributed by atoms with Crippen LogP contribution in [0.25, 0.3) is 0 Å². The molecular formula is H7O4PSSe. The molecule has 0 spiro atoms. The third-order valence-electron chi connectivity index (χ3n) is 0. The quantitative estimate of drug-likeness (QED) is 0.330. The van der Waals surface area contributed by atoms with Gasteiger partial charge < -0.3 is 14.7 Å². The van der Waals surface area contributed by atoms with Crippen LogP contribution in [0.5, 0.6) is 0 Å². The van der Waals surface area contributed by atoms with E-state index >= 15 is 0 Å². The molecular weight excluding hydrogens is 206 g/mol. The zero-order valence-corrected chi connectivity index (χ0v) is 7.19. The van der Waals surface area contributed by atoms with E-state index in [-0.39, 0.29) is 30.6 Å². The monoisotopic (exact) mass is 214 g/mol. The van der Waals surface area contributed by atoms with Crippen molar-refractivity contribution in [1.82, 2.24) is 0 Å². The van der Waals surface area contributed by atoms with E-state index < -0.39 is 7.82 Å². The van der Waals surface area contributed by atoms with Gasteiger partial charge in [-0.25, -0.2) is 4.57 Å². The maximum atomic E-state index is 8.88. The van der Waals surface area contributed by atoms with Gasteiger partial charge in [-0.05, 0) is 0 Å². The zero-order valence-electron chi connectivity index (χ0n) is 3.20. The summed E-state index contributed by atoms with van der Waals surface area (Å²) in [7, 11) is -4.64. The van der Waals surface area contributed by atoms with E-state index in [1.165, 1.54) is 0 Å². The van der Waals surface area contributed by atoms with E-state index in [0.29, 0.717) is 0 Å². The van der Waals surface area contributed by atoms with Crippen molar-refractivity contribution in [2.24, 2.45) is 0 Å². The van der Waals surface area contributed by atoms with Gasteiger partial charge in [0.15, 0.2) is 0 Å². The predicted octanol–water partition coefficient (Wildman–Crippen LogP) is -1.73. The summed E-state index contributed by atoms with van der Waals surface area (Å²) in [6.45, 7) is 0. The van der Waals surface area contributed by atoms with Gasteiger partial charge in [0.05, 0.1) is 0 Å². The van der Waals surface area contributed by atoms with Crippen molar-refractivity contribution in [3.05, 3.63) is 0 Å². The molecule has 48 valence electrons. The number of hydrogen-bond acceptors (Lipinski definition) is 1. The third-order valence-corrected chi connectivity index (χ3v) is 0. The van der Waals surface area contributed by atoms with E-state index in [1.54, 1.807) is 0 Å². The molecule has 0 rings (SSSR count). The van der Waals surface area contributed by atoms with Gasteiger partial charge in [0.2, 0.25) is 0 Å². The van der Waals surface area contributed by atoms with Crippen molar-refractivity contribution in [1.29, 1.82) is 0 Å². The first-order valence-electron chi connectivity index (χ1n) is 0.783. The molecule has 0 unspecified atom stereocenters. The fraction of sp³-hybridized carbons (Fsp3) is 0. The topological polar surface area (TPSA) is 77.8 Å². The second-order valence-electron chi connectivity index (χ2n) is 0.513. The van der Waals surface area contributed by atoms with Crippen molar-refractivity contribution >= 4 is 38.4 Å². The summed E-state index contributed by atoms with van der Waals surface area (Å²) in [6, 6.07) is 0. The van der Waals surface area contributed by atoms with Gasteiger partial charge in [0.25, 0.3) is 0 Å². The molecule has 0 amide bonds. The second-order valence-corrected chi connectivity index (χ2v) is 1.54. The Hall–Kier alpha value is 0.979. The van der Waals surface area contributed by atoms with Crippen LogP contribution in [0.1, 0.15) is 0 Å². The molecule has 0 aromatic carbocycles. The average molecular weight is 213 g/mol. The Balaban J connectivity index is -0.0000000800. The van der Waals surface area contributed by atoms with Crippen LogP contribution in [0, 0.1) is 0 Å². The molecule has 0 aliphatic heterocycles. The fourth-order valence-electron chi connectivity index (χ4n) is 0. The van der Waals surface area contributed by atoms with Gasteiger partial charge >= 0.3 is 24.9 Å². The van der Waals surface area contributed by atoms with Crippen LogP contribution >= 0.6 is 21.3 Å². The summed E-state index contributed by atoms with van der Waals surface area (Å²) in [4.78, 5) is 21.6. The fourth-order valence-corrected chi connectivity index (χ4v) is 0. The van der Waals surface area contributed by atoms with Crippen LogP contribution in [-0.2, 0) is 4.57 Å². The van der Waals surface area contributed by atoms with E-state index in [1.807, 2.05) is 0 Å². The molecule has 3 N–H and O–H groups in total. The van der Waals surface area contributed by atoms with Crippen LogP contribution in [0.15, 0.2) is 0 Å². The van der Waals surface area contributed by atoms with Crippen LogP contribution < -0.4 is 0 Å². The van der Waals surface area contributed by atoms with Gasteiger partial charge in [-0.2, -0.15) is 13.5 Å². The standard InChI is InChI=1S/H3O4P.H2S.H2Se/c1-5(2,3)4;;/h(H3,1,2,3,4);2*1H2. The van der Waals surface area contributed by atoms with Gasteiger partial charge in [0.1, 0.15) is 0 Å². The van der Waals surface area contributed by atoms with Crippen LogP contribution in [0.4, 0.5) is 0 Å². The molecule has 7 heavy (non-hydrogen) atoms. The molecule has 0 aliphatic carbocycles. The van der Waals surface area contributed by atoms with E-state index in [9.17, 15) is 0 Å². The Labute approximate surface area is 58.1 Å². The van der Waals surface area contributed by atoms with Crippen LogP contribution in [0.2, 0.25) is 0 Å². The first-order valence-corrected chi connectivity index (χ1v) is 2.35. The van der Waals surface area contributed by atoms with Crippen molar-refractivity contribution in [3.8, 4) is 0 Å². The summed E-state index contributed by atoms with van der Waals surface area (Å²) in [5, 5.41) is 0. The Morgan fingerprint density at radius 3 is 1.14 bits per heavy atom. The molecule has 0 radical (unpaired) electrons.